The van der Waals surface area contributed by atoms with Crippen LogP contribution in [0.4, 0.5) is 4.79 Å². The first-order valence-corrected chi connectivity index (χ1v) is 7.11. The van der Waals surface area contributed by atoms with Gasteiger partial charge in [-0.15, -0.1) is 0 Å². The Morgan fingerprint density at radius 1 is 1.35 bits per heavy atom. The molecule has 0 saturated carbocycles. The van der Waals surface area contributed by atoms with Crippen molar-refractivity contribution >= 4 is 12.2 Å². The van der Waals surface area contributed by atoms with Gasteiger partial charge in [0.15, 0.2) is 0 Å². The molecule has 2 rings (SSSR count). The highest BCUT2D eigenvalue weighted by molar-refractivity contribution is 5.68. The fourth-order valence-corrected chi connectivity index (χ4v) is 2.39. The van der Waals surface area contributed by atoms with Gasteiger partial charge in [-0.2, -0.15) is 0 Å². The second kappa shape index (κ2) is 5.70. The van der Waals surface area contributed by atoms with Gasteiger partial charge < -0.3 is 9.64 Å². The highest BCUT2D eigenvalue weighted by Gasteiger charge is 2.24. The number of carbonyl (C=O) groups is 1. The maximum Gasteiger partial charge on any atom is 0.410 e. The minimum atomic E-state index is -0.446. The zero-order valence-corrected chi connectivity index (χ0v) is 12.6. The Kier molecular flexibility index (Phi) is 4.17. The lowest BCUT2D eigenvalue weighted by Crippen LogP contribution is -2.36. The standard InChI is InChI=1S/C17H23NO2/c1-5-13-8-9-15-12-18(10-6-7-14(15)11-13)16(19)20-17(2,3)4/h5,8-9,11H,1,6-7,10,12H2,2-4H3. The molecule has 0 atom stereocenters. The lowest BCUT2D eigenvalue weighted by atomic mass is 10.0. The third-order valence-corrected chi connectivity index (χ3v) is 3.35. The van der Waals surface area contributed by atoms with E-state index in [1.807, 2.05) is 32.9 Å². The zero-order chi connectivity index (χ0) is 14.8. The minimum Gasteiger partial charge on any atom is -0.444 e. The Bertz CT molecular complexity index is 514. The van der Waals surface area contributed by atoms with Crippen LogP contribution in [-0.4, -0.2) is 23.1 Å². The Hall–Kier alpha value is -1.77. The average Bonchev–Trinajstić information content (AvgIpc) is 2.57. The SMILES string of the molecule is C=Cc1ccc2c(c1)CCCN(C(=O)OC(C)(C)C)C2. The predicted octanol–water partition coefficient (Wildman–Crippen LogP) is 4.01. The molecule has 0 saturated heterocycles. The summed E-state index contributed by atoms with van der Waals surface area (Å²) in [6, 6.07) is 6.31. The highest BCUT2D eigenvalue weighted by atomic mass is 16.6. The van der Waals surface area contributed by atoms with Crippen LogP contribution in [0, 0.1) is 0 Å². The van der Waals surface area contributed by atoms with E-state index in [1.54, 1.807) is 4.90 Å². The number of benzene rings is 1. The fraction of sp³-hybridized carbons (Fsp3) is 0.471. The molecule has 0 fully saturated rings. The predicted molar refractivity (Wildman–Crippen MR) is 81.5 cm³/mol. The molecule has 0 aromatic heterocycles. The summed E-state index contributed by atoms with van der Waals surface area (Å²) in [5.41, 5.74) is 3.21. The van der Waals surface area contributed by atoms with E-state index in [4.69, 9.17) is 4.74 Å². The van der Waals surface area contributed by atoms with E-state index < -0.39 is 5.60 Å². The molecule has 0 aliphatic carbocycles. The van der Waals surface area contributed by atoms with E-state index in [2.05, 4.69) is 18.7 Å². The van der Waals surface area contributed by atoms with Gasteiger partial charge in [-0.25, -0.2) is 4.79 Å². The maximum absolute atomic E-state index is 12.2. The third kappa shape index (κ3) is 3.62. The van der Waals surface area contributed by atoms with Crippen molar-refractivity contribution in [3.05, 3.63) is 41.5 Å². The van der Waals surface area contributed by atoms with E-state index in [-0.39, 0.29) is 6.09 Å². The summed E-state index contributed by atoms with van der Waals surface area (Å²) >= 11 is 0. The number of hydrogen-bond acceptors (Lipinski definition) is 2. The van der Waals surface area contributed by atoms with Crippen LogP contribution >= 0.6 is 0 Å². The molecule has 0 radical (unpaired) electrons. The van der Waals surface area contributed by atoms with Crippen LogP contribution < -0.4 is 0 Å². The van der Waals surface area contributed by atoms with Gasteiger partial charge >= 0.3 is 6.09 Å². The van der Waals surface area contributed by atoms with Crippen molar-refractivity contribution in [3.63, 3.8) is 0 Å². The van der Waals surface area contributed by atoms with Gasteiger partial charge in [0, 0.05) is 13.1 Å². The largest absolute Gasteiger partial charge is 0.444 e. The topological polar surface area (TPSA) is 29.5 Å². The van der Waals surface area contributed by atoms with Crippen LogP contribution in [0.2, 0.25) is 0 Å². The molecule has 20 heavy (non-hydrogen) atoms. The summed E-state index contributed by atoms with van der Waals surface area (Å²) < 4.78 is 5.46. The molecule has 1 aliphatic heterocycles. The summed E-state index contributed by atoms with van der Waals surface area (Å²) in [5, 5.41) is 0. The van der Waals surface area contributed by atoms with E-state index in [0.29, 0.717) is 6.54 Å². The Morgan fingerprint density at radius 2 is 2.10 bits per heavy atom. The zero-order valence-electron chi connectivity index (χ0n) is 12.6. The second-order valence-corrected chi connectivity index (χ2v) is 6.24. The average molecular weight is 273 g/mol. The van der Waals surface area contributed by atoms with Crippen LogP contribution in [0.3, 0.4) is 0 Å². The molecular weight excluding hydrogens is 250 g/mol. The van der Waals surface area contributed by atoms with Gasteiger partial charge in [-0.3, -0.25) is 0 Å². The van der Waals surface area contributed by atoms with Crippen molar-refractivity contribution in [2.75, 3.05) is 6.54 Å². The Labute approximate surface area is 121 Å². The molecule has 0 N–H and O–H groups in total. The van der Waals surface area contributed by atoms with E-state index >= 15 is 0 Å². The monoisotopic (exact) mass is 273 g/mol. The van der Waals surface area contributed by atoms with Gasteiger partial charge in [-0.05, 0) is 50.3 Å². The first-order valence-electron chi connectivity index (χ1n) is 7.11. The molecule has 1 aromatic carbocycles. The van der Waals surface area contributed by atoms with Crippen LogP contribution in [-0.2, 0) is 17.7 Å². The molecule has 108 valence electrons. The summed E-state index contributed by atoms with van der Waals surface area (Å²) in [6.45, 7) is 10.9. The van der Waals surface area contributed by atoms with Crippen molar-refractivity contribution in [2.24, 2.45) is 0 Å². The number of ether oxygens (including phenoxy) is 1. The number of aryl methyl sites for hydroxylation is 1. The lowest BCUT2D eigenvalue weighted by Gasteiger charge is -2.26. The number of hydrogen-bond donors (Lipinski definition) is 0. The Morgan fingerprint density at radius 3 is 2.75 bits per heavy atom. The smallest absolute Gasteiger partial charge is 0.410 e. The molecule has 3 heteroatoms. The highest BCUT2D eigenvalue weighted by Crippen LogP contribution is 2.22. The first-order chi connectivity index (χ1) is 9.39. The van der Waals surface area contributed by atoms with Gasteiger partial charge in [0.2, 0.25) is 0 Å². The van der Waals surface area contributed by atoms with Gasteiger partial charge in [0.05, 0.1) is 0 Å². The molecule has 0 spiro atoms. The number of nitrogens with zero attached hydrogens (tertiary/aromatic N) is 1. The fourth-order valence-electron chi connectivity index (χ4n) is 2.39. The van der Waals surface area contributed by atoms with Crippen molar-refractivity contribution < 1.29 is 9.53 Å². The molecule has 1 aliphatic rings. The van der Waals surface area contributed by atoms with Crippen LogP contribution in [0.5, 0.6) is 0 Å². The number of carbonyl (C=O) groups excluding carboxylic acids is 1. The third-order valence-electron chi connectivity index (χ3n) is 3.35. The maximum atomic E-state index is 12.2. The summed E-state index contributed by atoms with van der Waals surface area (Å²) in [7, 11) is 0. The molecule has 1 amide bonds. The van der Waals surface area contributed by atoms with Crippen LogP contribution in [0.15, 0.2) is 24.8 Å². The molecule has 1 aromatic rings. The molecular formula is C17H23NO2. The molecule has 0 unspecified atom stereocenters. The van der Waals surface area contributed by atoms with Crippen molar-refractivity contribution in [3.8, 4) is 0 Å². The van der Waals surface area contributed by atoms with Crippen LogP contribution in [0.25, 0.3) is 6.08 Å². The molecule has 0 bridgehead atoms. The lowest BCUT2D eigenvalue weighted by molar-refractivity contribution is 0.0237. The summed E-state index contributed by atoms with van der Waals surface area (Å²) in [5.74, 6) is 0. The number of amides is 1. The van der Waals surface area contributed by atoms with E-state index in [0.717, 1.165) is 24.9 Å². The van der Waals surface area contributed by atoms with Crippen LogP contribution in [0.1, 0.15) is 43.9 Å². The van der Waals surface area contributed by atoms with Crippen molar-refractivity contribution in [2.45, 2.75) is 45.8 Å². The quantitative estimate of drug-likeness (QED) is 0.773. The summed E-state index contributed by atoms with van der Waals surface area (Å²) in [6.07, 6.45) is 3.60. The number of fused-ring (bicyclic) bond motifs is 1. The molecule has 3 nitrogen and oxygen atoms in total. The van der Waals surface area contributed by atoms with E-state index in [1.165, 1.54) is 11.1 Å². The van der Waals surface area contributed by atoms with E-state index in [9.17, 15) is 4.79 Å². The van der Waals surface area contributed by atoms with Crippen molar-refractivity contribution in [1.82, 2.24) is 4.90 Å². The second-order valence-electron chi connectivity index (χ2n) is 6.24. The van der Waals surface area contributed by atoms with Gasteiger partial charge in [0.1, 0.15) is 5.60 Å². The van der Waals surface area contributed by atoms with Gasteiger partial charge in [-0.1, -0.05) is 30.9 Å². The minimum absolute atomic E-state index is 0.224. The summed E-state index contributed by atoms with van der Waals surface area (Å²) in [4.78, 5) is 14.0. The van der Waals surface area contributed by atoms with Gasteiger partial charge in [0.25, 0.3) is 0 Å². The first kappa shape index (κ1) is 14.6. The Balaban J connectivity index is 2.16. The van der Waals surface area contributed by atoms with Crippen molar-refractivity contribution in [1.29, 1.82) is 0 Å². The normalized spacial score (nSPS) is 15.2. The molecule has 1 heterocycles. The number of rotatable bonds is 1.